The minimum Gasteiger partial charge on any atom is -0.496 e. The normalized spacial score (nSPS) is 11.0. The second kappa shape index (κ2) is 5.37. The monoisotopic (exact) mass is 299 g/mol. The fourth-order valence-electron chi connectivity index (χ4n) is 2.67. The largest absolute Gasteiger partial charge is 0.496 e. The van der Waals surface area contributed by atoms with Crippen LogP contribution in [0.15, 0.2) is 40.8 Å². The van der Waals surface area contributed by atoms with Gasteiger partial charge in [0.15, 0.2) is 5.58 Å². The molecular formula is C17H17NO2S. The number of ether oxygens (including phenoxy) is 1. The molecule has 0 saturated carbocycles. The summed E-state index contributed by atoms with van der Waals surface area (Å²) >= 11 is 5.36. The summed E-state index contributed by atoms with van der Waals surface area (Å²) < 4.78 is 13.2. The number of hydrogen-bond donors (Lipinski definition) is 0. The highest BCUT2D eigenvalue weighted by Crippen LogP contribution is 2.27. The first-order valence-electron chi connectivity index (χ1n) is 6.82. The number of hydrogen-bond acceptors (Lipinski definition) is 3. The van der Waals surface area contributed by atoms with Gasteiger partial charge in [0.2, 0.25) is 0 Å². The quantitative estimate of drug-likeness (QED) is 0.659. The van der Waals surface area contributed by atoms with Crippen molar-refractivity contribution in [3.05, 3.63) is 57.9 Å². The molecule has 0 amide bonds. The number of benzene rings is 2. The van der Waals surface area contributed by atoms with Crippen molar-refractivity contribution < 1.29 is 9.15 Å². The van der Waals surface area contributed by atoms with E-state index in [1.807, 2.05) is 34.9 Å². The van der Waals surface area contributed by atoms with E-state index in [1.165, 1.54) is 11.1 Å². The molecule has 0 bridgehead atoms. The minimum atomic E-state index is 0.484. The van der Waals surface area contributed by atoms with Crippen LogP contribution in [0.25, 0.3) is 11.1 Å². The number of para-hydroxylation sites is 2. The molecule has 0 unspecified atom stereocenters. The van der Waals surface area contributed by atoms with Crippen molar-refractivity contribution in [2.24, 2.45) is 0 Å². The predicted octanol–water partition coefficient (Wildman–Crippen LogP) is 4.64. The summed E-state index contributed by atoms with van der Waals surface area (Å²) in [5.41, 5.74) is 5.33. The van der Waals surface area contributed by atoms with E-state index in [-0.39, 0.29) is 0 Å². The van der Waals surface area contributed by atoms with Gasteiger partial charge in [0.05, 0.1) is 19.2 Å². The summed E-state index contributed by atoms with van der Waals surface area (Å²) in [4.78, 5) is 0.484. The number of rotatable bonds is 3. The lowest BCUT2D eigenvalue weighted by molar-refractivity contribution is 0.407. The van der Waals surface area contributed by atoms with E-state index in [1.54, 1.807) is 7.11 Å². The number of methoxy groups -OCH3 is 1. The second-order valence-electron chi connectivity index (χ2n) is 5.18. The lowest BCUT2D eigenvalue weighted by atomic mass is 10.0. The van der Waals surface area contributed by atoms with Crippen molar-refractivity contribution in [1.29, 1.82) is 0 Å². The molecular weight excluding hydrogens is 282 g/mol. The molecule has 1 heterocycles. The Kier molecular flexibility index (Phi) is 3.55. The zero-order valence-electron chi connectivity index (χ0n) is 12.3. The summed E-state index contributed by atoms with van der Waals surface area (Å²) in [6, 6.07) is 12.1. The molecule has 21 heavy (non-hydrogen) atoms. The average molecular weight is 299 g/mol. The highest BCUT2D eigenvalue weighted by atomic mass is 32.1. The van der Waals surface area contributed by atoms with Gasteiger partial charge in [0.25, 0.3) is 4.84 Å². The van der Waals surface area contributed by atoms with E-state index in [0.717, 1.165) is 22.4 Å². The van der Waals surface area contributed by atoms with Gasteiger partial charge < -0.3 is 9.15 Å². The molecule has 0 aliphatic carbocycles. The minimum absolute atomic E-state index is 0.484. The Balaban J connectivity index is 2.15. The van der Waals surface area contributed by atoms with Gasteiger partial charge in [-0.05, 0) is 55.4 Å². The Hall–Kier alpha value is -2.07. The first-order chi connectivity index (χ1) is 10.1. The van der Waals surface area contributed by atoms with Crippen LogP contribution in [0, 0.1) is 18.7 Å². The SMILES string of the molecule is COc1cc(C)cc(C)c1Cn1c(=S)oc2ccccc21. The molecule has 0 N–H and O–H groups in total. The van der Waals surface area contributed by atoms with Crippen molar-refractivity contribution in [3.8, 4) is 5.75 Å². The molecule has 0 fully saturated rings. The van der Waals surface area contributed by atoms with Crippen LogP contribution < -0.4 is 4.74 Å². The third kappa shape index (κ3) is 2.47. The van der Waals surface area contributed by atoms with Crippen LogP contribution in [0.5, 0.6) is 5.75 Å². The fourth-order valence-corrected chi connectivity index (χ4v) is 2.92. The van der Waals surface area contributed by atoms with E-state index in [2.05, 4.69) is 19.9 Å². The van der Waals surface area contributed by atoms with E-state index < -0.39 is 0 Å². The van der Waals surface area contributed by atoms with Crippen LogP contribution in [-0.4, -0.2) is 11.7 Å². The summed E-state index contributed by atoms with van der Waals surface area (Å²) in [5.74, 6) is 0.889. The fraction of sp³-hybridized carbons (Fsp3) is 0.235. The Labute approximate surface area is 128 Å². The Morgan fingerprint density at radius 1 is 1.19 bits per heavy atom. The molecule has 3 nitrogen and oxygen atoms in total. The van der Waals surface area contributed by atoms with Crippen LogP contribution in [-0.2, 0) is 6.54 Å². The summed E-state index contributed by atoms with van der Waals surface area (Å²) in [5, 5.41) is 0. The van der Waals surface area contributed by atoms with Crippen molar-refractivity contribution in [1.82, 2.24) is 4.57 Å². The van der Waals surface area contributed by atoms with Gasteiger partial charge in [-0.25, -0.2) is 0 Å². The Bertz CT molecular complexity index is 861. The molecule has 0 spiro atoms. The van der Waals surface area contributed by atoms with Gasteiger partial charge in [-0.15, -0.1) is 0 Å². The van der Waals surface area contributed by atoms with Crippen molar-refractivity contribution in [3.63, 3.8) is 0 Å². The summed E-state index contributed by atoms with van der Waals surface area (Å²) in [6.45, 7) is 4.81. The van der Waals surface area contributed by atoms with Crippen LogP contribution in [0.2, 0.25) is 0 Å². The zero-order chi connectivity index (χ0) is 15.0. The van der Waals surface area contributed by atoms with Crippen LogP contribution in [0.1, 0.15) is 16.7 Å². The maximum atomic E-state index is 5.65. The standard InChI is InChI=1S/C17H17NO2S/c1-11-8-12(2)13(16(9-11)19-3)10-18-14-6-4-5-7-15(14)20-17(18)21/h4-9H,10H2,1-3H3. The molecule has 1 aromatic heterocycles. The van der Waals surface area contributed by atoms with Gasteiger partial charge in [-0.1, -0.05) is 18.2 Å². The Morgan fingerprint density at radius 3 is 2.71 bits per heavy atom. The lowest BCUT2D eigenvalue weighted by Crippen LogP contribution is -2.04. The van der Waals surface area contributed by atoms with E-state index in [9.17, 15) is 0 Å². The summed E-state index contributed by atoms with van der Waals surface area (Å²) in [7, 11) is 1.70. The smallest absolute Gasteiger partial charge is 0.269 e. The van der Waals surface area contributed by atoms with Gasteiger partial charge in [0.1, 0.15) is 5.75 Å². The van der Waals surface area contributed by atoms with Gasteiger partial charge in [-0.2, -0.15) is 0 Å². The molecule has 3 aromatic rings. The molecule has 0 aliphatic rings. The molecule has 108 valence electrons. The van der Waals surface area contributed by atoms with Gasteiger partial charge >= 0.3 is 0 Å². The zero-order valence-corrected chi connectivity index (χ0v) is 13.2. The highest BCUT2D eigenvalue weighted by Gasteiger charge is 2.12. The number of aryl methyl sites for hydroxylation is 2. The molecule has 3 rings (SSSR count). The molecule has 4 heteroatoms. The lowest BCUT2D eigenvalue weighted by Gasteiger charge is -2.13. The third-order valence-corrected chi connectivity index (χ3v) is 3.99. The molecule has 0 aliphatic heterocycles. The second-order valence-corrected chi connectivity index (χ2v) is 5.53. The maximum absolute atomic E-state index is 5.65. The van der Waals surface area contributed by atoms with Crippen molar-refractivity contribution in [2.75, 3.05) is 7.11 Å². The molecule has 2 aromatic carbocycles. The molecule has 0 atom stereocenters. The first kappa shape index (κ1) is 13.9. The average Bonchev–Trinajstić information content (AvgIpc) is 2.77. The van der Waals surface area contributed by atoms with Gasteiger partial charge in [0, 0.05) is 5.56 Å². The highest BCUT2D eigenvalue weighted by molar-refractivity contribution is 7.71. The van der Waals surface area contributed by atoms with Gasteiger partial charge in [-0.3, -0.25) is 4.57 Å². The first-order valence-corrected chi connectivity index (χ1v) is 7.23. The third-order valence-electron chi connectivity index (χ3n) is 3.69. The van der Waals surface area contributed by atoms with E-state index in [0.29, 0.717) is 11.4 Å². The van der Waals surface area contributed by atoms with Crippen LogP contribution >= 0.6 is 12.2 Å². The van der Waals surface area contributed by atoms with Crippen molar-refractivity contribution in [2.45, 2.75) is 20.4 Å². The predicted molar refractivity (Wildman–Crippen MR) is 86.6 cm³/mol. The molecule has 0 radical (unpaired) electrons. The summed E-state index contributed by atoms with van der Waals surface area (Å²) in [6.07, 6.45) is 0. The van der Waals surface area contributed by atoms with Crippen LogP contribution in [0.4, 0.5) is 0 Å². The number of aromatic nitrogens is 1. The molecule has 0 saturated heterocycles. The van der Waals surface area contributed by atoms with Crippen molar-refractivity contribution >= 4 is 23.3 Å². The number of oxazole rings is 1. The maximum Gasteiger partial charge on any atom is 0.269 e. The number of fused-ring (bicyclic) bond motifs is 1. The van der Waals surface area contributed by atoms with E-state index >= 15 is 0 Å². The Morgan fingerprint density at radius 2 is 1.95 bits per heavy atom. The van der Waals surface area contributed by atoms with Crippen LogP contribution in [0.3, 0.4) is 0 Å². The topological polar surface area (TPSA) is 27.3 Å². The van der Waals surface area contributed by atoms with E-state index in [4.69, 9.17) is 21.4 Å². The number of nitrogens with zero attached hydrogens (tertiary/aromatic N) is 1.